The molecule has 1 aromatic heterocycles. The summed E-state index contributed by atoms with van der Waals surface area (Å²) in [6.45, 7) is 1.27. The largest absolute Gasteiger partial charge is 0.351 e. The van der Waals surface area contributed by atoms with E-state index in [1.807, 2.05) is 7.05 Å². The van der Waals surface area contributed by atoms with Gasteiger partial charge in [-0.15, -0.1) is 0 Å². The van der Waals surface area contributed by atoms with Crippen molar-refractivity contribution >= 4 is 5.91 Å². The van der Waals surface area contributed by atoms with Gasteiger partial charge in [-0.3, -0.25) is 9.78 Å². The molecular weight excluding hydrogens is 257 g/mol. The Morgan fingerprint density at radius 3 is 2.75 bits per heavy atom. The molecule has 0 spiro atoms. The van der Waals surface area contributed by atoms with Gasteiger partial charge in [-0.05, 0) is 31.3 Å². The number of pyridine rings is 1. The van der Waals surface area contributed by atoms with Gasteiger partial charge in [0, 0.05) is 24.8 Å². The fourth-order valence-corrected chi connectivity index (χ4v) is 1.75. The first-order valence-electron chi connectivity index (χ1n) is 6.35. The smallest absolute Gasteiger partial charge is 0.252 e. The molecular formula is C15H16FN3O. The SMILES string of the molecule is CNCCNC(=O)c1ccc(-c2cccc(F)c2)nc1. The number of aromatic nitrogens is 1. The van der Waals surface area contributed by atoms with Crippen LogP contribution in [-0.2, 0) is 0 Å². The third-order valence-corrected chi connectivity index (χ3v) is 2.81. The van der Waals surface area contributed by atoms with E-state index in [2.05, 4.69) is 15.6 Å². The highest BCUT2D eigenvalue weighted by molar-refractivity contribution is 5.94. The van der Waals surface area contributed by atoms with Gasteiger partial charge < -0.3 is 10.6 Å². The first-order valence-corrected chi connectivity index (χ1v) is 6.35. The maximum Gasteiger partial charge on any atom is 0.252 e. The molecule has 2 aromatic rings. The molecule has 0 aliphatic heterocycles. The summed E-state index contributed by atoms with van der Waals surface area (Å²) in [5.41, 5.74) is 1.81. The highest BCUT2D eigenvalue weighted by Crippen LogP contribution is 2.17. The summed E-state index contributed by atoms with van der Waals surface area (Å²) in [6.07, 6.45) is 1.49. The van der Waals surface area contributed by atoms with Crippen LogP contribution in [0, 0.1) is 5.82 Å². The van der Waals surface area contributed by atoms with E-state index < -0.39 is 0 Å². The van der Waals surface area contributed by atoms with Crippen molar-refractivity contribution in [1.82, 2.24) is 15.6 Å². The molecule has 2 rings (SSSR count). The molecule has 4 nitrogen and oxygen atoms in total. The van der Waals surface area contributed by atoms with Crippen LogP contribution in [0.25, 0.3) is 11.3 Å². The number of carbonyl (C=O) groups is 1. The Balaban J connectivity index is 2.08. The molecule has 104 valence electrons. The van der Waals surface area contributed by atoms with E-state index in [1.54, 1.807) is 24.3 Å². The second kappa shape index (κ2) is 6.77. The molecule has 20 heavy (non-hydrogen) atoms. The summed E-state index contributed by atoms with van der Waals surface area (Å²) < 4.78 is 13.1. The second-order valence-electron chi connectivity index (χ2n) is 4.30. The number of halogens is 1. The normalized spacial score (nSPS) is 10.3. The number of nitrogens with zero attached hydrogens (tertiary/aromatic N) is 1. The van der Waals surface area contributed by atoms with E-state index in [0.717, 1.165) is 0 Å². The van der Waals surface area contributed by atoms with E-state index in [-0.39, 0.29) is 11.7 Å². The Labute approximate surface area is 117 Å². The first-order chi connectivity index (χ1) is 9.70. The Bertz CT molecular complexity index is 584. The summed E-state index contributed by atoms with van der Waals surface area (Å²) in [4.78, 5) is 16.0. The molecule has 0 atom stereocenters. The number of hydrogen-bond acceptors (Lipinski definition) is 3. The second-order valence-corrected chi connectivity index (χ2v) is 4.30. The monoisotopic (exact) mass is 273 g/mol. The Morgan fingerprint density at radius 2 is 2.10 bits per heavy atom. The Kier molecular flexibility index (Phi) is 4.79. The third-order valence-electron chi connectivity index (χ3n) is 2.81. The predicted octanol–water partition coefficient (Wildman–Crippen LogP) is 1.84. The van der Waals surface area contributed by atoms with Gasteiger partial charge in [0.05, 0.1) is 11.3 Å². The fraction of sp³-hybridized carbons (Fsp3) is 0.200. The van der Waals surface area contributed by atoms with Gasteiger partial charge in [-0.1, -0.05) is 12.1 Å². The standard InChI is InChI=1S/C15H16FN3O/c1-17-7-8-18-15(20)12-5-6-14(19-10-12)11-3-2-4-13(16)9-11/h2-6,9-10,17H,7-8H2,1H3,(H,18,20). The van der Waals surface area contributed by atoms with Crippen LogP contribution in [-0.4, -0.2) is 31.0 Å². The van der Waals surface area contributed by atoms with Crippen LogP contribution in [0.15, 0.2) is 42.6 Å². The Hall–Kier alpha value is -2.27. The van der Waals surface area contributed by atoms with Crippen molar-refractivity contribution in [2.24, 2.45) is 0 Å². The van der Waals surface area contributed by atoms with Crippen molar-refractivity contribution < 1.29 is 9.18 Å². The molecule has 0 fully saturated rings. The fourth-order valence-electron chi connectivity index (χ4n) is 1.75. The van der Waals surface area contributed by atoms with E-state index in [4.69, 9.17) is 0 Å². The van der Waals surface area contributed by atoms with Crippen molar-refractivity contribution in [3.8, 4) is 11.3 Å². The highest BCUT2D eigenvalue weighted by Gasteiger charge is 2.06. The lowest BCUT2D eigenvalue weighted by atomic mass is 10.1. The van der Waals surface area contributed by atoms with E-state index in [1.165, 1.54) is 18.3 Å². The van der Waals surface area contributed by atoms with Crippen LogP contribution in [0.3, 0.4) is 0 Å². The minimum absolute atomic E-state index is 0.168. The summed E-state index contributed by atoms with van der Waals surface area (Å²) in [5, 5.41) is 5.71. The average molecular weight is 273 g/mol. The molecule has 0 aliphatic carbocycles. The van der Waals surface area contributed by atoms with Crippen LogP contribution >= 0.6 is 0 Å². The number of nitrogens with one attached hydrogen (secondary N) is 2. The van der Waals surface area contributed by atoms with E-state index in [9.17, 15) is 9.18 Å². The van der Waals surface area contributed by atoms with Crippen LogP contribution in [0.2, 0.25) is 0 Å². The lowest BCUT2D eigenvalue weighted by Gasteiger charge is -2.05. The summed E-state index contributed by atoms with van der Waals surface area (Å²) in [5.74, 6) is -0.475. The van der Waals surface area contributed by atoms with E-state index >= 15 is 0 Å². The van der Waals surface area contributed by atoms with Gasteiger partial charge in [-0.2, -0.15) is 0 Å². The van der Waals surface area contributed by atoms with Crippen molar-refractivity contribution in [3.05, 3.63) is 54.0 Å². The molecule has 0 bridgehead atoms. The number of hydrogen-bond donors (Lipinski definition) is 2. The number of benzene rings is 1. The molecule has 5 heteroatoms. The molecule has 0 saturated heterocycles. The molecule has 1 amide bonds. The summed E-state index contributed by atoms with van der Waals surface area (Å²) in [7, 11) is 1.82. The molecule has 0 saturated carbocycles. The predicted molar refractivity (Wildman–Crippen MR) is 75.9 cm³/mol. The summed E-state index contributed by atoms with van der Waals surface area (Å²) >= 11 is 0. The number of rotatable bonds is 5. The molecule has 0 radical (unpaired) electrons. The average Bonchev–Trinajstić information content (AvgIpc) is 2.47. The van der Waals surface area contributed by atoms with Crippen molar-refractivity contribution in [1.29, 1.82) is 0 Å². The quantitative estimate of drug-likeness (QED) is 0.817. The van der Waals surface area contributed by atoms with Crippen molar-refractivity contribution in [3.63, 3.8) is 0 Å². The molecule has 1 heterocycles. The number of amides is 1. The first kappa shape index (κ1) is 14.1. The van der Waals surface area contributed by atoms with Crippen molar-refractivity contribution in [2.75, 3.05) is 20.1 Å². The maximum atomic E-state index is 13.1. The van der Waals surface area contributed by atoms with Gasteiger partial charge in [-0.25, -0.2) is 4.39 Å². The molecule has 1 aromatic carbocycles. The maximum absolute atomic E-state index is 13.1. The van der Waals surface area contributed by atoms with Gasteiger partial charge in [0.25, 0.3) is 5.91 Å². The van der Waals surface area contributed by atoms with Gasteiger partial charge in [0.15, 0.2) is 0 Å². The van der Waals surface area contributed by atoms with Crippen LogP contribution in [0.5, 0.6) is 0 Å². The van der Waals surface area contributed by atoms with Crippen molar-refractivity contribution in [2.45, 2.75) is 0 Å². The van der Waals surface area contributed by atoms with Crippen LogP contribution in [0.1, 0.15) is 10.4 Å². The zero-order valence-electron chi connectivity index (χ0n) is 11.2. The molecule has 0 unspecified atom stereocenters. The van der Waals surface area contributed by atoms with Gasteiger partial charge in [0.2, 0.25) is 0 Å². The minimum Gasteiger partial charge on any atom is -0.351 e. The zero-order chi connectivity index (χ0) is 14.4. The molecule has 0 aliphatic rings. The van der Waals surface area contributed by atoms with Crippen LogP contribution in [0.4, 0.5) is 4.39 Å². The lowest BCUT2D eigenvalue weighted by Crippen LogP contribution is -2.30. The number of carbonyl (C=O) groups excluding carboxylic acids is 1. The van der Waals surface area contributed by atoms with Crippen LogP contribution < -0.4 is 10.6 Å². The van der Waals surface area contributed by atoms with E-state index in [0.29, 0.717) is 29.9 Å². The zero-order valence-corrected chi connectivity index (χ0v) is 11.2. The molecule has 2 N–H and O–H groups in total. The lowest BCUT2D eigenvalue weighted by molar-refractivity contribution is 0.0954. The van der Waals surface area contributed by atoms with Gasteiger partial charge >= 0.3 is 0 Å². The summed E-state index contributed by atoms with van der Waals surface area (Å²) in [6, 6.07) is 9.59. The Morgan fingerprint density at radius 1 is 1.25 bits per heavy atom. The number of likely N-dealkylation sites (N-methyl/N-ethyl adjacent to an activating group) is 1. The minimum atomic E-state index is -0.307. The third kappa shape index (κ3) is 3.61. The van der Waals surface area contributed by atoms with Gasteiger partial charge in [0.1, 0.15) is 5.82 Å². The highest BCUT2D eigenvalue weighted by atomic mass is 19.1. The topological polar surface area (TPSA) is 54.0 Å².